The average molecular weight is 269 g/mol. The second-order valence-corrected chi connectivity index (χ2v) is 4.25. The molecule has 0 saturated carbocycles. The van der Waals surface area contributed by atoms with E-state index in [-0.39, 0.29) is 0 Å². The number of hydrogen-bond acceptors (Lipinski definition) is 5. The summed E-state index contributed by atoms with van der Waals surface area (Å²) in [5.41, 5.74) is 4.03. The Bertz CT molecular complexity index is 734. The number of carbonyl (C=O) groups is 1. The van der Waals surface area contributed by atoms with Gasteiger partial charge in [-0.3, -0.25) is 10.0 Å². The molecule has 0 saturated heterocycles. The van der Waals surface area contributed by atoms with E-state index in [4.69, 9.17) is 9.62 Å². The van der Waals surface area contributed by atoms with Crippen LogP contribution in [0.4, 0.5) is 0 Å². The van der Waals surface area contributed by atoms with E-state index in [1.54, 1.807) is 42.0 Å². The van der Waals surface area contributed by atoms with Crippen LogP contribution in [-0.2, 0) is 6.42 Å². The van der Waals surface area contributed by atoms with Crippen molar-refractivity contribution in [2.45, 2.75) is 6.42 Å². The molecule has 6 heteroatoms. The van der Waals surface area contributed by atoms with Crippen molar-refractivity contribution in [3.05, 3.63) is 59.6 Å². The fourth-order valence-electron chi connectivity index (χ4n) is 1.95. The third-order valence-corrected chi connectivity index (χ3v) is 2.86. The highest BCUT2D eigenvalue weighted by Gasteiger charge is 2.09. The topological polar surface area (TPSA) is 88.2 Å². The van der Waals surface area contributed by atoms with Gasteiger partial charge in [0.15, 0.2) is 11.2 Å². The molecule has 20 heavy (non-hydrogen) atoms. The van der Waals surface area contributed by atoms with Crippen LogP contribution in [0, 0.1) is 0 Å². The summed E-state index contributed by atoms with van der Waals surface area (Å²) in [7, 11) is 0. The Morgan fingerprint density at radius 3 is 3.00 bits per heavy atom. The van der Waals surface area contributed by atoms with Crippen LogP contribution >= 0.6 is 0 Å². The van der Waals surface area contributed by atoms with Gasteiger partial charge < -0.3 is 4.42 Å². The summed E-state index contributed by atoms with van der Waals surface area (Å²) in [5.74, 6) is -0.0219. The molecule has 0 spiro atoms. The number of oxazole rings is 1. The number of hydroxylamine groups is 1. The van der Waals surface area contributed by atoms with Crippen molar-refractivity contribution in [2.75, 3.05) is 0 Å². The minimum Gasteiger partial charge on any atom is -0.439 e. The van der Waals surface area contributed by atoms with Gasteiger partial charge in [0.1, 0.15) is 0 Å². The standard InChI is InChI=1S/C14H11N3O3/c18-14(17-19)10-4-1-3-9(7-10)8-12-16-13-11(20-12)5-2-6-15-13/h1-7,19H,8H2,(H,17,18). The van der Waals surface area contributed by atoms with Gasteiger partial charge in [-0.15, -0.1) is 0 Å². The largest absolute Gasteiger partial charge is 0.439 e. The second kappa shape index (κ2) is 5.10. The summed E-state index contributed by atoms with van der Waals surface area (Å²) >= 11 is 0. The molecular weight excluding hydrogens is 258 g/mol. The quantitative estimate of drug-likeness (QED) is 0.560. The average Bonchev–Trinajstić information content (AvgIpc) is 2.88. The molecular formula is C14H11N3O3. The molecule has 3 rings (SSSR count). The second-order valence-electron chi connectivity index (χ2n) is 4.25. The van der Waals surface area contributed by atoms with Gasteiger partial charge in [0, 0.05) is 18.2 Å². The van der Waals surface area contributed by atoms with E-state index >= 15 is 0 Å². The number of carbonyl (C=O) groups excluding carboxylic acids is 1. The van der Waals surface area contributed by atoms with Crippen molar-refractivity contribution >= 4 is 17.1 Å². The van der Waals surface area contributed by atoms with Crippen LogP contribution in [0.25, 0.3) is 11.2 Å². The number of hydrogen-bond donors (Lipinski definition) is 2. The molecule has 0 atom stereocenters. The fraction of sp³-hybridized carbons (Fsp3) is 0.0714. The predicted molar refractivity (Wildman–Crippen MR) is 70.3 cm³/mol. The molecule has 0 aliphatic rings. The monoisotopic (exact) mass is 269 g/mol. The van der Waals surface area contributed by atoms with Gasteiger partial charge in [-0.05, 0) is 29.8 Å². The first kappa shape index (κ1) is 12.3. The van der Waals surface area contributed by atoms with Crippen molar-refractivity contribution in [1.82, 2.24) is 15.4 Å². The number of nitrogens with one attached hydrogen (secondary N) is 1. The van der Waals surface area contributed by atoms with E-state index < -0.39 is 5.91 Å². The summed E-state index contributed by atoms with van der Waals surface area (Å²) in [6.45, 7) is 0. The fourth-order valence-corrected chi connectivity index (χ4v) is 1.95. The lowest BCUT2D eigenvalue weighted by molar-refractivity contribution is 0.0706. The molecule has 2 heterocycles. The number of benzene rings is 1. The van der Waals surface area contributed by atoms with Crippen molar-refractivity contribution in [1.29, 1.82) is 0 Å². The van der Waals surface area contributed by atoms with Crippen LogP contribution in [0.5, 0.6) is 0 Å². The molecule has 2 N–H and O–H groups in total. The molecule has 0 aliphatic carbocycles. The highest BCUT2D eigenvalue weighted by molar-refractivity contribution is 5.93. The molecule has 2 aromatic heterocycles. The Kier molecular flexibility index (Phi) is 3.14. The SMILES string of the molecule is O=C(NO)c1cccc(Cc2nc3ncccc3o2)c1. The Hall–Kier alpha value is -2.73. The zero-order valence-corrected chi connectivity index (χ0v) is 10.4. The van der Waals surface area contributed by atoms with E-state index in [2.05, 4.69) is 9.97 Å². The van der Waals surface area contributed by atoms with Gasteiger partial charge in [-0.1, -0.05) is 12.1 Å². The molecule has 3 aromatic rings. The number of amides is 1. The van der Waals surface area contributed by atoms with Crippen LogP contribution in [-0.4, -0.2) is 21.1 Å². The van der Waals surface area contributed by atoms with Gasteiger partial charge in [-0.25, -0.2) is 10.5 Å². The van der Waals surface area contributed by atoms with E-state index in [0.717, 1.165) is 5.56 Å². The summed E-state index contributed by atoms with van der Waals surface area (Å²) in [6.07, 6.45) is 2.10. The molecule has 0 fully saturated rings. The molecule has 0 bridgehead atoms. The summed E-state index contributed by atoms with van der Waals surface area (Å²) in [4.78, 5) is 19.7. The molecule has 0 aliphatic heterocycles. The lowest BCUT2D eigenvalue weighted by Gasteiger charge is -2.01. The van der Waals surface area contributed by atoms with Gasteiger partial charge >= 0.3 is 0 Å². The minimum atomic E-state index is -0.550. The van der Waals surface area contributed by atoms with Crippen LogP contribution in [0.2, 0.25) is 0 Å². The summed E-state index contributed by atoms with van der Waals surface area (Å²) < 4.78 is 5.58. The van der Waals surface area contributed by atoms with Gasteiger partial charge in [0.25, 0.3) is 5.91 Å². The van der Waals surface area contributed by atoms with E-state index in [0.29, 0.717) is 29.1 Å². The predicted octanol–water partition coefficient (Wildman–Crippen LogP) is 1.93. The first-order valence-corrected chi connectivity index (χ1v) is 6.00. The van der Waals surface area contributed by atoms with Crippen molar-refractivity contribution < 1.29 is 14.4 Å². The van der Waals surface area contributed by atoms with Gasteiger partial charge in [0.2, 0.25) is 5.89 Å². The number of nitrogens with zero attached hydrogens (tertiary/aromatic N) is 2. The van der Waals surface area contributed by atoms with Crippen molar-refractivity contribution in [3.8, 4) is 0 Å². The molecule has 6 nitrogen and oxygen atoms in total. The summed E-state index contributed by atoms with van der Waals surface area (Å²) in [6, 6.07) is 10.5. The van der Waals surface area contributed by atoms with Gasteiger partial charge in [0.05, 0.1) is 0 Å². The number of fused-ring (bicyclic) bond motifs is 1. The van der Waals surface area contributed by atoms with E-state index in [9.17, 15) is 4.79 Å². The van der Waals surface area contributed by atoms with Crippen LogP contribution in [0.15, 0.2) is 47.0 Å². The van der Waals surface area contributed by atoms with Crippen LogP contribution < -0.4 is 5.48 Å². The Morgan fingerprint density at radius 2 is 2.20 bits per heavy atom. The van der Waals surface area contributed by atoms with Crippen molar-refractivity contribution in [2.24, 2.45) is 0 Å². The molecule has 0 radical (unpaired) electrons. The maximum absolute atomic E-state index is 11.3. The van der Waals surface area contributed by atoms with Crippen molar-refractivity contribution in [3.63, 3.8) is 0 Å². The zero-order valence-electron chi connectivity index (χ0n) is 10.4. The number of aromatic nitrogens is 2. The van der Waals surface area contributed by atoms with Gasteiger partial charge in [-0.2, -0.15) is 4.98 Å². The smallest absolute Gasteiger partial charge is 0.274 e. The van der Waals surface area contributed by atoms with E-state index in [1.165, 1.54) is 0 Å². The number of pyridine rings is 1. The Balaban J connectivity index is 1.88. The maximum Gasteiger partial charge on any atom is 0.274 e. The highest BCUT2D eigenvalue weighted by Crippen LogP contribution is 2.16. The third kappa shape index (κ3) is 2.36. The maximum atomic E-state index is 11.3. The number of rotatable bonds is 3. The van der Waals surface area contributed by atoms with E-state index in [1.807, 2.05) is 6.07 Å². The molecule has 1 amide bonds. The summed E-state index contributed by atoms with van der Waals surface area (Å²) in [5, 5.41) is 8.63. The molecule has 1 aromatic carbocycles. The van der Waals surface area contributed by atoms with Crippen LogP contribution in [0.1, 0.15) is 21.8 Å². The lowest BCUT2D eigenvalue weighted by atomic mass is 10.1. The minimum absolute atomic E-state index is 0.374. The zero-order chi connectivity index (χ0) is 13.9. The lowest BCUT2D eigenvalue weighted by Crippen LogP contribution is -2.18. The Morgan fingerprint density at radius 1 is 1.30 bits per heavy atom. The van der Waals surface area contributed by atoms with Crippen LogP contribution in [0.3, 0.4) is 0 Å². The normalized spacial score (nSPS) is 10.7. The molecule has 100 valence electrons. The highest BCUT2D eigenvalue weighted by atomic mass is 16.5. The third-order valence-electron chi connectivity index (χ3n) is 2.86. The first-order valence-electron chi connectivity index (χ1n) is 6.00. The molecule has 0 unspecified atom stereocenters. The first-order chi connectivity index (χ1) is 9.76. The Labute approximate surface area is 114 Å².